The van der Waals surface area contributed by atoms with Crippen LogP contribution < -0.4 is 5.32 Å². The number of aryl methyl sites for hydroxylation is 1. The minimum absolute atomic E-state index is 0.156. The van der Waals surface area contributed by atoms with Gasteiger partial charge in [-0.3, -0.25) is 4.79 Å². The van der Waals surface area contributed by atoms with Crippen molar-refractivity contribution in [2.24, 2.45) is 0 Å². The predicted molar refractivity (Wildman–Crippen MR) is 86.1 cm³/mol. The van der Waals surface area contributed by atoms with Crippen molar-refractivity contribution in [3.8, 4) is 0 Å². The van der Waals surface area contributed by atoms with Gasteiger partial charge in [-0.25, -0.2) is 4.63 Å². The minimum atomic E-state index is -0.196. The molecule has 0 bridgehead atoms. The zero-order valence-electron chi connectivity index (χ0n) is 13.4. The number of nitrogens with zero attached hydrogens (tertiary/aromatic N) is 3. The van der Waals surface area contributed by atoms with Crippen molar-refractivity contribution in [3.05, 3.63) is 47.3 Å². The minimum Gasteiger partial charge on any atom is -0.347 e. The Morgan fingerprint density at radius 3 is 2.91 bits per heavy atom. The van der Waals surface area contributed by atoms with Gasteiger partial charge >= 0.3 is 0 Å². The third-order valence-electron chi connectivity index (χ3n) is 4.27. The van der Waals surface area contributed by atoms with Gasteiger partial charge in [-0.1, -0.05) is 35.5 Å². The SMILES string of the molecule is Cc1nonc1C(=O)NC1CCCN(CCc2ccccc2)C1. The molecule has 1 amide bonds. The van der Waals surface area contributed by atoms with Gasteiger partial charge in [0, 0.05) is 19.1 Å². The first-order valence-electron chi connectivity index (χ1n) is 8.08. The zero-order chi connectivity index (χ0) is 16.1. The molecule has 1 N–H and O–H groups in total. The highest BCUT2D eigenvalue weighted by Crippen LogP contribution is 2.12. The molecule has 1 aromatic carbocycles. The second-order valence-electron chi connectivity index (χ2n) is 6.05. The number of likely N-dealkylation sites (tertiary alicyclic amines) is 1. The van der Waals surface area contributed by atoms with Gasteiger partial charge < -0.3 is 10.2 Å². The topological polar surface area (TPSA) is 71.3 Å². The molecule has 1 aliphatic heterocycles. The van der Waals surface area contributed by atoms with Crippen LogP contribution in [-0.2, 0) is 6.42 Å². The van der Waals surface area contributed by atoms with Gasteiger partial charge in [0.15, 0.2) is 5.69 Å². The summed E-state index contributed by atoms with van der Waals surface area (Å²) in [5.41, 5.74) is 2.16. The van der Waals surface area contributed by atoms with Crippen molar-refractivity contribution in [1.82, 2.24) is 20.5 Å². The number of carbonyl (C=O) groups excluding carboxylic acids is 1. The van der Waals surface area contributed by atoms with Crippen LogP contribution in [0.2, 0.25) is 0 Å². The molecular weight excluding hydrogens is 292 g/mol. The average molecular weight is 314 g/mol. The molecule has 0 aliphatic carbocycles. The van der Waals surface area contributed by atoms with Crippen molar-refractivity contribution in [1.29, 1.82) is 0 Å². The fourth-order valence-corrected chi connectivity index (χ4v) is 3.00. The summed E-state index contributed by atoms with van der Waals surface area (Å²) in [4.78, 5) is 14.6. The smallest absolute Gasteiger partial charge is 0.275 e. The Bertz CT molecular complexity index is 641. The number of nitrogens with one attached hydrogen (secondary N) is 1. The van der Waals surface area contributed by atoms with E-state index in [9.17, 15) is 4.79 Å². The van der Waals surface area contributed by atoms with Crippen molar-refractivity contribution in [3.63, 3.8) is 0 Å². The van der Waals surface area contributed by atoms with Gasteiger partial charge in [0.25, 0.3) is 5.91 Å². The van der Waals surface area contributed by atoms with Gasteiger partial charge in [-0.15, -0.1) is 0 Å². The van der Waals surface area contributed by atoms with Crippen LogP contribution in [-0.4, -0.2) is 46.8 Å². The molecule has 1 aliphatic rings. The molecule has 1 atom stereocenters. The highest BCUT2D eigenvalue weighted by molar-refractivity contribution is 5.93. The van der Waals surface area contributed by atoms with Crippen molar-refractivity contribution < 1.29 is 9.42 Å². The molecule has 0 saturated carbocycles. The van der Waals surface area contributed by atoms with Crippen LogP contribution in [0.25, 0.3) is 0 Å². The van der Waals surface area contributed by atoms with Crippen LogP contribution in [0.3, 0.4) is 0 Å². The van der Waals surface area contributed by atoms with E-state index < -0.39 is 0 Å². The largest absolute Gasteiger partial charge is 0.347 e. The lowest BCUT2D eigenvalue weighted by atomic mass is 10.0. The number of benzene rings is 1. The van der Waals surface area contributed by atoms with E-state index in [1.54, 1.807) is 6.92 Å². The summed E-state index contributed by atoms with van der Waals surface area (Å²) in [6, 6.07) is 10.7. The lowest BCUT2D eigenvalue weighted by Crippen LogP contribution is -2.48. The quantitative estimate of drug-likeness (QED) is 0.911. The molecule has 0 radical (unpaired) electrons. The Morgan fingerprint density at radius 1 is 1.35 bits per heavy atom. The van der Waals surface area contributed by atoms with Crippen LogP contribution in [0.15, 0.2) is 35.0 Å². The van der Waals surface area contributed by atoms with Gasteiger partial charge in [0.05, 0.1) is 0 Å². The van der Waals surface area contributed by atoms with E-state index >= 15 is 0 Å². The van der Waals surface area contributed by atoms with Crippen molar-refractivity contribution in [2.45, 2.75) is 32.2 Å². The third-order valence-corrected chi connectivity index (χ3v) is 4.27. The van der Waals surface area contributed by atoms with E-state index in [4.69, 9.17) is 0 Å². The molecule has 1 aromatic heterocycles. The molecule has 2 aromatic rings. The average Bonchev–Trinajstić information content (AvgIpc) is 3.00. The number of amides is 1. The molecule has 0 spiro atoms. The molecule has 1 fully saturated rings. The fraction of sp³-hybridized carbons (Fsp3) is 0.471. The number of rotatable bonds is 5. The van der Waals surface area contributed by atoms with Gasteiger partial charge in [0.2, 0.25) is 0 Å². The summed E-state index contributed by atoms with van der Waals surface area (Å²) in [5.74, 6) is -0.196. The standard InChI is InChI=1S/C17H22N4O2/c1-13-16(20-23-19-13)17(22)18-15-8-5-10-21(12-15)11-9-14-6-3-2-4-7-14/h2-4,6-7,15H,5,8-12H2,1H3,(H,18,22). The Morgan fingerprint density at radius 2 is 2.17 bits per heavy atom. The molecule has 3 rings (SSSR count). The molecular formula is C17H22N4O2. The van der Waals surface area contributed by atoms with Crippen LogP contribution in [0.1, 0.15) is 34.6 Å². The van der Waals surface area contributed by atoms with E-state index in [1.807, 2.05) is 6.07 Å². The maximum Gasteiger partial charge on any atom is 0.275 e. The normalized spacial score (nSPS) is 18.7. The van der Waals surface area contributed by atoms with E-state index in [1.165, 1.54) is 5.56 Å². The lowest BCUT2D eigenvalue weighted by Gasteiger charge is -2.33. The van der Waals surface area contributed by atoms with E-state index in [0.717, 1.165) is 38.9 Å². The summed E-state index contributed by atoms with van der Waals surface area (Å²) in [6.07, 6.45) is 3.13. The van der Waals surface area contributed by atoms with E-state index in [0.29, 0.717) is 5.69 Å². The molecule has 1 unspecified atom stereocenters. The summed E-state index contributed by atoms with van der Waals surface area (Å²) >= 11 is 0. The fourth-order valence-electron chi connectivity index (χ4n) is 3.00. The van der Waals surface area contributed by atoms with Crippen LogP contribution in [0.5, 0.6) is 0 Å². The highest BCUT2D eigenvalue weighted by Gasteiger charge is 2.23. The van der Waals surface area contributed by atoms with Gasteiger partial charge in [0.1, 0.15) is 5.69 Å². The summed E-state index contributed by atoms with van der Waals surface area (Å²) < 4.78 is 4.59. The number of hydrogen-bond donors (Lipinski definition) is 1. The Hall–Kier alpha value is -2.21. The molecule has 6 heteroatoms. The number of hydrogen-bond acceptors (Lipinski definition) is 5. The summed E-state index contributed by atoms with van der Waals surface area (Å²) in [7, 11) is 0. The maximum absolute atomic E-state index is 12.2. The third kappa shape index (κ3) is 4.16. The van der Waals surface area contributed by atoms with Crippen molar-refractivity contribution >= 4 is 5.91 Å². The predicted octanol–water partition coefficient (Wildman–Crippen LogP) is 1.81. The lowest BCUT2D eigenvalue weighted by molar-refractivity contribution is 0.0894. The van der Waals surface area contributed by atoms with Crippen LogP contribution in [0, 0.1) is 6.92 Å². The zero-order valence-corrected chi connectivity index (χ0v) is 13.4. The summed E-state index contributed by atoms with van der Waals surface area (Å²) in [6.45, 7) is 4.70. The molecule has 6 nitrogen and oxygen atoms in total. The first-order valence-corrected chi connectivity index (χ1v) is 8.08. The number of aromatic nitrogens is 2. The van der Waals surface area contributed by atoms with E-state index in [-0.39, 0.29) is 17.6 Å². The number of piperidine rings is 1. The Labute approximate surface area is 135 Å². The monoisotopic (exact) mass is 314 g/mol. The van der Waals surface area contributed by atoms with Crippen LogP contribution in [0.4, 0.5) is 0 Å². The van der Waals surface area contributed by atoms with Gasteiger partial charge in [-0.2, -0.15) is 0 Å². The molecule has 2 heterocycles. The highest BCUT2D eigenvalue weighted by atomic mass is 16.6. The Kier molecular flexibility index (Phi) is 5.02. The first-order chi connectivity index (χ1) is 11.2. The maximum atomic E-state index is 12.2. The van der Waals surface area contributed by atoms with Crippen molar-refractivity contribution in [2.75, 3.05) is 19.6 Å². The van der Waals surface area contributed by atoms with Crippen LogP contribution >= 0.6 is 0 Å². The summed E-state index contributed by atoms with van der Waals surface area (Å²) in [5, 5.41) is 10.4. The molecule has 23 heavy (non-hydrogen) atoms. The number of carbonyl (C=O) groups is 1. The Balaban J connectivity index is 1.50. The second kappa shape index (κ2) is 7.37. The first kappa shape index (κ1) is 15.7. The van der Waals surface area contributed by atoms with Gasteiger partial charge in [-0.05, 0) is 43.5 Å². The molecule has 122 valence electrons. The van der Waals surface area contributed by atoms with E-state index in [2.05, 4.69) is 49.4 Å². The second-order valence-corrected chi connectivity index (χ2v) is 6.05. The molecule has 1 saturated heterocycles.